The minimum absolute atomic E-state index is 0.175. The van der Waals surface area contributed by atoms with E-state index in [1.165, 1.54) is 7.11 Å². The van der Waals surface area contributed by atoms with Crippen LogP contribution in [0.2, 0.25) is 0 Å². The van der Waals surface area contributed by atoms with E-state index in [1.807, 2.05) is 0 Å². The number of fused-ring (bicyclic) bond motifs is 1. The lowest BCUT2D eigenvalue weighted by Gasteiger charge is -2.29. The molecular formula is C15H13NO4S. The van der Waals surface area contributed by atoms with Gasteiger partial charge in [-0.25, -0.2) is 9.79 Å². The first-order valence-electron chi connectivity index (χ1n) is 6.19. The van der Waals surface area contributed by atoms with Crippen molar-refractivity contribution in [1.82, 2.24) is 0 Å². The van der Waals surface area contributed by atoms with Gasteiger partial charge in [0.15, 0.2) is 5.04 Å². The molecule has 0 amide bonds. The average molecular weight is 303 g/mol. The van der Waals surface area contributed by atoms with Gasteiger partial charge in [-0.15, -0.1) is 10.6 Å². The summed E-state index contributed by atoms with van der Waals surface area (Å²) in [6.07, 6.45) is 0. The van der Waals surface area contributed by atoms with Gasteiger partial charge in [0, 0.05) is 5.56 Å². The summed E-state index contributed by atoms with van der Waals surface area (Å²) < 4.78 is 25.5. The molecule has 2 aromatic carbocycles. The van der Waals surface area contributed by atoms with E-state index < -0.39 is 16.6 Å². The molecule has 0 saturated heterocycles. The van der Waals surface area contributed by atoms with Crippen LogP contribution in [0.25, 0.3) is 0 Å². The molecule has 0 fully saturated rings. The van der Waals surface area contributed by atoms with Gasteiger partial charge in [0.2, 0.25) is 0 Å². The molecule has 1 aliphatic heterocycles. The molecule has 6 heteroatoms. The number of hydrogen-bond acceptors (Lipinski definition) is 5. The minimum Gasteiger partial charge on any atom is -0.465 e. The standard InChI is InChI=1S/C15H13NO4S/c1-20-15(17)11-6-4-5-10(9-11)14-16-12-7-2-3-8-13(12)21(14,18)19/h2-9,18-19H,1H3. The molecule has 1 heterocycles. The summed E-state index contributed by atoms with van der Waals surface area (Å²) in [7, 11) is -1.85. The Morgan fingerprint density at radius 2 is 1.90 bits per heavy atom. The monoisotopic (exact) mass is 303 g/mol. The Bertz CT molecular complexity index is 755. The lowest BCUT2D eigenvalue weighted by atomic mass is 10.1. The molecule has 2 N–H and O–H groups in total. The minimum atomic E-state index is -3.15. The Morgan fingerprint density at radius 3 is 2.62 bits per heavy atom. The molecule has 0 aromatic heterocycles. The van der Waals surface area contributed by atoms with E-state index in [0.29, 0.717) is 21.7 Å². The van der Waals surface area contributed by atoms with Crippen molar-refractivity contribution in [3.8, 4) is 0 Å². The molecule has 108 valence electrons. The zero-order valence-electron chi connectivity index (χ0n) is 11.2. The predicted octanol–water partition coefficient (Wildman–Crippen LogP) is 3.67. The van der Waals surface area contributed by atoms with Gasteiger partial charge in [-0.1, -0.05) is 24.3 Å². The number of esters is 1. The van der Waals surface area contributed by atoms with Crippen molar-refractivity contribution >= 4 is 27.3 Å². The van der Waals surface area contributed by atoms with Crippen molar-refractivity contribution in [3.63, 3.8) is 0 Å². The largest absolute Gasteiger partial charge is 0.465 e. The number of carbonyl (C=O) groups is 1. The lowest BCUT2D eigenvalue weighted by Crippen LogP contribution is -2.10. The van der Waals surface area contributed by atoms with Crippen molar-refractivity contribution in [2.75, 3.05) is 7.11 Å². The van der Waals surface area contributed by atoms with Crippen LogP contribution in [0.5, 0.6) is 0 Å². The summed E-state index contributed by atoms with van der Waals surface area (Å²) in [4.78, 5) is 16.3. The highest BCUT2D eigenvalue weighted by Crippen LogP contribution is 2.59. The zero-order valence-corrected chi connectivity index (χ0v) is 12.0. The van der Waals surface area contributed by atoms with Gasteiger partial charge in [-0.2, -0.15) is 0 Å². The van der Waals surface area contributed by atoms with E-state index in [2.05, 4.69) is 9.73 Å². The fourth-order valence-corrected chi connectivity index (χ4v) is 3.76. The van der Waals surface area contributed by atoms with Crippen LogP contribution in [0.1, 0.15) is 15.9 Å². The van der Waals surface area contributed by atoms with Crippen LogP contribution in [0.4, 0.5) is 5.69 Å². The quantitative estimate of drug-likeness (QED) is 0.830. The fraction of sp³-hybridized carbons (Fsp3) is 0.0667. The third-order valence-corrected chi connectivity index (χ3v) is 5.02. The van der Waals surface area contributed by atoms with Crippen LogP contribution in [-0.4, -0.2) is 27.2 Å². The molecule has 3 rings (SSSR count). The van der Waals surface area contributed by atoms with Gasteiger partial charge in [-0.05, 0) is 24.3 Å². The number of benzene rings is 2. The topological polar surface area (TPSA) is 79.1 Å². The molecule has 0 spiro atoms. The number of carbonyl (C=O) groups excluding carboxylic acids is 1. The van der Waals surface area contributed by atoms with Crippen LogP contribution in [0.3, 0.4) is 0 Å². The summed E-state index contributed by atoms with van der Waals surface area (Å²) in [5, 5.41) is 0.175. The van der Waals surface area contributed by atoms with Gasteiger partial charge in [0.25, 0.3) is 0 Å². The molecule has 0 unspecified atom stereocenters. The number of rotatable bonds is 2. The first kappa shape index (κ1) is 13.8. The van der Waals surface area contributed by atoms with E-state index in [4.69, 9.17) is 0 Å². The average Bonchev–Trinajstić information content (AvgIpc) is 2.78. The maximum atomic E-state index is 11.6. The molecule has 0 saturated carbocycles. The Balaban J connectivity index is 2.09. The SMILES string of the molecule is COC(=O)c1cccc(C2=Nc3ccccc3S2(O)O)c1. The summed E-state index contributed by atoms with van der Waals surface area (Å²) in [6.45, 7) is 0. The second kappa shape index (κ2) is 5.00. The van der Waals surface area contributed by atoms with E-state index in [1.54, 1.807) is 48.5 Å². The molecule has 5 nitrogen and oxygen atoms in total. The molecule has 1 aliphatic rings. The second-order valence-electron chi connectivity index (χ2n) is 4.51. The summed E-state index contributed by atoms with van der Waals surface area (Å²) in [5.74, 6) is -0.482. The molecule has 0 radical (unpaired) electrons. The van der Waals surface area contributed by atoms with Crippen LogP contribution < -0.4 is 0 Å². The summed E-state index contributed by atoms with van der Waals surface area (Å²) in [6, 6.07) is 13.4. The number of ether oxygens (including phenoxy) is 1. The highest BCUT2D eigenvalue weighted by Gasteiger charge is 2.33. The highest BCUT2D eigenvalue weighted by molar-refractivity contribution is 8.37. The lowest BCUT2D eigenvalue weighted by molar-refractivity contribution is 0.0600. The van der Waals surface area contributed by atoms with Crippen LogP contribution >= 0.6 is 10.6 Å². The number of para-hydroxylation sites is 1. The van der Waals surface area contributed by atoms with Crippen molar-refractivity contribution in [1.29, 1.82) is 0 Å². The van der Waals surface area contributed by atoms with Gasteiger partial charge in [-0.3, -0.25) is 9.11 Å². The number of methoxy groups -OCH3 is 1. The normalized spacial score (nSPS) is 16.8. The van der Waals surface area contributed by atoms with Gasteiger partial charge >= 0.3 is 5.97 Å². The van der Waals surface area contributed by atoms with Crippen molar-refractivity contribution in [3.05, 3.63) is 59.7 Å². The van der Waals surface area contributed by atoms with Crippen LogP contribution in [-0.2, 0) is 4.74 Å². The van der Waals surface area contributed by atoms with E-state index >= 15 is 0 Å². The predicted molar refractivity (Wildman–Crippen MR) is 81.5 cm³/mol. The van der Waals surface area contributed by atoms with Crippen molar-refractivity contribution < 1.29 is 18.6 Å². The maximum Gasteiger partial charge on any atom is 0.337 e. The second-order valence-corrected chi connectivity index (χ2v) is 6.43. The molecule has 0 atom stereocenters. The molecule has 21 heavy (non-hydrogen) atoms. The molecule has 0 bridgehead atoms. The molecule has 0 aliphatic carbocycles. The Morgan fingerprint density at radius 1 is 1.14 bits per heavy atom. The van der Waals surface area contributed by atoms with Gasteiger partial charge in [0.1, 0.15) is 0 Å². The Hall–Kier alpha value is -2.15. The Labute approximate surface area is 123 Å². The van der Waals surface area contributed by atoms with Gasteiger partial charge < -0.3 is 4.74 Å². The molecule has 2 aromatic rings. The van der Waals surface area contributed by atoms with E-state index in [9.17, 15) is 13.9 Å². The smallest absolute Gasteiger partial charge is 0.337 e. The number of nitrogens with zero attached hydrogens (tertiary/aromatic N) is 1. The first-order valence-corrected chi connectivity index (χ1v) is 7.73. The summed E-state index contributed by atoms with van der Waals surface area (Å²) in [5.41, 5.74) is 1.37. The Kier molecular flexibility index (Phi) is 3.29. The first-order chi connectivity index (χ1) is 10.0. The van der Waals surface area contributed by atoms with Crippen LogP contribution in [0.15, 0.2) is 58.4 Å². The third-order valence-electron chi connectivity index (χ3n) is 3.19. The molecular weight excluding hydrogens is 290 g/mol. The van der Waals surface area contributed by atoms with E-state index in [-0.39, 0.29) is 5.04 Å². The van der Waals surface area contributed by atoms with Crippen molar-refractivity contribution in [2.24, 2.45) is 4.99 Å². The number of hydrogen-bond donors (Lipinski definition) is 2. The van der Waals surface area contributed by atoms with Crippen LogP contribution in [0, 0.1) is 0 Å². The summed E-state index contributed by atoms with van der Waals surface area (Å²) >= 11 is 0. The fourth-order valence-electron chi connectivity index (χ4n) is 2.19. The van der Waals surface area contributed by atoms with E-state index in [0.717, 1.165) is 0 Å². The van der Waals surface area contributed by atoms with Gasteiger partial charge in [0.05, 0.1) is 23.3 Å². The zero-order chi connectivity index (χ0) is 15.0. The van der Waals surface area contributed by atoms with Crippen molar-refractivity contribution in [2.45, 2.75) is 4.90 Å². The highest BCUT2D eigenvalue weighted by atomic mass is 32.3. The third kappa shape index (κ3) is 2.23. The number of aliphatic imine (C=N–C) groups is 1. The maximum absolute atomic E-state index is 11.6.